The molecule has 3 N–H and O–H groups in total. The molecule has 0 spiro atoms. The van der Waals surface area contributed by atoms with E-state index in [4.69, 9.17) is 19.9 Å². The summed E-state index contributed by atoms with van der Waals surface area (Å²) in [5.74, 6) is 2.67. The Hall–Kier alpha value is -2.16. The maximum absolute atomic E-state index is 6.00. The summed E-state index contributed by atoms with van der Waals surface area (Å²) in [6.07, 6.45) is 0.792. The second-order valence-corrected chi connectivity index (χ2v) is 6.26. The third-order valence-corrected chi connectivity index (χ3v) is 3.96. The van der Waals surface area contributed by atoms with Crippen LogP contribution in [0, 0.1) is 6.92 Å². The highest BCUT2D eigenvalue weighted by Crippen LogP contribution is 2.32. The zero-order chi connectivity index (χ0) is 18.4. The largest absolute Gasteiger partial charge is 0.490 e. The number of nitrogens with two attached hydrogens (primary N) is 1. The van der Waals surface area contributed by atoms with Gasteiger partial charge in [-0.25, -0.2) is 4.99 Å². The van der Waals surface area contributed by atoms with Gasteiger partial charge in [0, 0.05) is 18.2 Å². The van der Waals surface area contributed by atoms with Crippen LogP contribution >= 0.6 is 24.0 Å². The van der Waals surface area contributed by atoms with Crippen LogP contribution in [0.5, 0.6) is 17.2 Å². The van der Waals surface area contributed by atoms with E-state index in [1.165, 1.54) is 0 Å². The molecule has 2 aromatic rings. The summed E-state index contributed by atoms with van der Waals surface area (Å²) >= 11 is 0. The van der Waals surface area contributed by atoms with Crippen molar-refractivity contribution in [1.29, 1.82) is 0 Å². The van der Waals surface area contributed by atoms with Gasteiger partial charge in [0.1, 0.15) is 11.9 Å². The number of anilines is 1. The van der Waals surface area contributed by atoms with Crippen LogP contribution in [0.3, 0.4) is 0 Å². The summed E-state index contributed by atoms with van der Waals surface area (Å²) in [5.41, 5.74) is 7.90. The fraction of sp³-hybridized carbons (Fsp3) is 0.350. The maximum Gasteiger partial charge on any atom is 0.193 e. The first-order chi connectivity index (χ1) is 12.6. The molecular formula is C20H26IN3O3. The van der Waals surface area contributed by atoms with Gasteiger partial charge in [0.25, 0.3) is 0 Å². The van der Waals surface area contributed by atoms with Gasteiger partial charge in [0.15, 0.2) is 17.5 Å². The van der Waals surface area contributed by atoms with Crippen LogP contribution in [0.25, 0.3) is 0 Å². The third-order valence-electron chi connectivity index (χ3n) is 3.96. The quantitative estimate of drug-likeness (QED) is 0.383. The van der Waals surface area contributed by atoms with Crippen LogP contribution in [0.4, 0.5) is 5.69 Å². The lowest BCUT2D eigenvalue weighted by molar-refractivity contribution is 0.229. The van der Waals surface area contributed by atoms with Gasteiger partial charge < -0.3 is 25.3 Å². The number of halogens is 1. The summed E-state index contributed by atoms with van der Waals surface area (Å²) in [5, 5.41) is 3.08. The first-order valence-electron chi connectivity index (χ1n) is 8.80. The summed E-state index contributed by atoms with van der Waals surface area (Å²) in [6.45, 7) is 5.76. The molecule has 7 heteroatoms. The zero-order valence-corrected chi connectivity index (χ0v) is 17.9. The minimum atomic E-state index is -0.0831. The van der Waals surface area contributed by atoms with Gasteiger partial charge in [-0.15, -0.1) is 24.0 Å². The van der Waals surface area contributed by atoms with Gasteiger partial charge in [-0.2, -0.15) is 0 Å². The predicted molar refractivity (Wildman–Crippen MR) is 119 cm³/mol. The number of fused-ring (bicyclic) bond motifs is 1. The number of guanidine groups is 1. The molecule has 1 unspecified atom stereocenters. The molecule has 1 atom stereocenters. The van der Waals surface area contributed by atoms with E-state index in [1.54, 1.807) is 0 Å². The number of nitrogens with zero attached hydrogens (tertiary/aromatic N) is 1. The number of aliphatic imine (C=N–C) groups is 1. The molecule has 0 aliphatic carbocycles. The summed E-state index contributed by atoms with van der Waals surface area (Å²) in [6, 6.07) is 13.6. The summed E-state index contributed by atoms with van der Waals surface area (Å²) in [7, 11) is 0. The molecule has 0 amide bonds. The fourth-order valence-corrected chi connectivity index (χ4v) is 2.60. The predicted octanol–water partition coefficient (Wildman–Crippen LogP) is 3.97. The molecule has 1 heterocycles. The van der Waals surface area contributed by atoms with Crippen molar-refractivity contribution in [1.82, 2.24) is 0 Å². The first kappa shape index (κ1) is 21.1. The van der Waals surface area contributed by atoms with Gasteiger partial charge in [-0.3, -0.25) is 0 Å². The Kier molecular flexibility index (Phi) is 8.02. The molecular weight excluding hydrogens is 457 g/mol. The Morgan fingerprint density at radius 1 is 1.19 bits per heavy atom. The van der Waals surface area contributed by atoms with Crippen LogP contribution in [-0.2, 0) is 0 Å². The normalized spacial score (nSPS) is 14.5. The molecule has 146 valence electrons. The van der Waals surface area contributed by atoms with Crippen molar-refractivity contribution in [2.75, 3.05) is 25.1 Å². The Morgan fingerprint density at radius 2 is 1.93 bits per heavy atom. The van der Waals surface area contributed by atoms with Crippen LogP contribution in [0.15, 0.2) is 47.5 Å². The summed E-state index contributed by atoms with van der Waals surface area (Å²) in [4.78, 5) is 4.36. The topological polar surface area (TPSA) is 78.1 Å². The van der Waals surface area contributed by atoms with Crippen molar-refractivity contribution in [3.63, 3.8) is 0 Å². The van der Waals surface area contributed by atoms with Crippen molar-refractivity contribution >= 4 is 35.6 Å². The fourth-order valence-electron chi connectivity index (χ4n) is 2.60. The molecule has 3 rings (SSSR count). The van der Waals surface area contributed by atoms with Crippen LogP contribution in [-0.4, -0.2) is 31.8 Å². The third kappa shape index (κ3) is 6.20. The van der Waals surface area contributed by atoms with Crippen molar-refractivity contribution < 1.29 is 14.2 Å². The molecule has 0 aromatic heterocycles. The van der Waals surface area contributed by atoms with E-state index in [2.05, 4.69) is 10.3 Å². The molecule has 0 fully saturated rings. The van der Waals surface area contributed by atoms with Crippen molar-refractivity contribution in [3.8, 4) is 17.2 Å². The molecule has 1 aliphatic rings. The Balaban J connectivity index is 0.00000261. The smallest absolute Gasteiger partial charge is 0.193 e. The van der Waals surface area contributed by atoms with Crippen LogP contribution in [0.2, 0.25) is 0 Å². The maximum atomic E-state index is 6.00. The lowest BCUT2D eigenvalue weighted by atomic mass is 10.2. The van der Waals surface area contributed by atoms with E-state index in [0.717, 1.165) is 34.9 Å². The average Bonchev–Trinajstić information content (AvgIpc) is 2.87. The van der Waals surface area contributed by atoms with Crippen molar-refractivity contribution in [2.45, 2.75) is 26.4 Å². The molecule has 1 aliphatic heterocycles. The molecule has 2 aromatic carbocycles. The second-order valence-electron chi connectivity index (χ2n) is 6.26. The molecule has 0 saturated carbocycles. The van der Waals surface area contributed by atoms with Crippen LogP contribution < -0.4 is 25.3 Å². The number of hydrogen-bond donors (Lipinski definition) is 2. The van der Waals surface area contributed by atoms with E-state index < -0.39 is 0 Å². The average molecular weight is 483 g/mol. The Labute approximate surface area is 177 Å². The monoisotopic (exact) mass is 483 g/mol. The zero-order valence-electron chi connectivity index (χ0n) is 15.6. The Morgan fingerprint density at radius 3 is 2.70 bits per heavy atom. The van der Waals surface area contributed by atoms with E-state index >= 15 is 0 Å². The number of hydrogen-bond acceptors (Lipinski definition) is 4. The van der Waals surface area contributed by atoms with E-state index in [1.807, 2.05) is 56.3 Å². The summed E-state index contributed by atoms with van der Waals surface area (Å²) < 4.78 is 17.2. The van der Waals surface area contributed by atoms with Gasteiger partial charge in [-0.1, -0.05) is 18.2 Å². The highest BCUT2D eigenvalue weighted by atomic mass is 127. The SMILES string of the molecule is Cc1ccccc1OC(C)CN=C(N)Nc1ccc2c(c1)OCCCO2.I. The van der Waals surface area contributed by atoms with Gasteiger partial charge in [0.05, 0.1) is 19.8 Å². The van der Waals surface area contributed by atoms with E-state index in [0.29, 0.717) is 25.7 Å². The number of aryl methyl sites for hydroxylation is 1. The van der Waals surface area contributed by atoms with Gasteiger partial charge in [0.2, 0.25) is 0 Å². The van der Waals surface area contributed by atoms with Crippen LogP contribution in [0.1, 0.15) is 18.9 Å². The number of benzene rings is 2. The lowest BCUT2D eigenvalue weighted by Crippen LogP contribution is -2.25. The molecule has 0 saturated heterocycles. The van der Waals surface area contributed by atoms with E-state index in [9.17, 15) is 0 Å². The number of para-hydroxylation sites is 1. The Bertz CT molecular complexity index is 783. The number of ether oxygens (including phenoxy) is 3. The highest BCUT2D eigenvalue weighted by molar-refractivity contribution is 14.0. The molecule has 6 nitrogen and oxygen atoms in total. The van der Waals surface area contributed by atoms with Gasteiger partial charge >= 0.3 is 0 Å². The first-order valence-corrected chi connectivity index (χ1v) is 8.80. The highest BCUT2D eigenvalue weighted by Gasteiger charge is 2.11. The lowest BCUT2D eigenvalue weighted by Gasteiger charge is -2.15. The molecule has 0 radical (unpaired) electrons. The second kappa shape index (κ2) is 10.2. The molecule has 0 bridgehead atoms. The molecule has 27 heavy (non-hydrogen) atoms. The van der Waals surface area contributed by atoms with Crippen molar-refractivity contribution in [2.24, 2.45) is 10.7 Å². The minimum absolute atomic E-state index is 0. The van der Waals surface area contributed by atoms with Gasteiger partial charge in [-0.05, 0) is 37.6 Å². The minimum Gasteiger partial charge on any atom is -0.490 e. The van der Waals surface area contributed by atoms with E-state index in [-0.39, 0.29) is 30.1 Å². The number of rotatable bonds is 5. The standard InChI is InChI=1S/C20H25N3O3.HI/c1-14-6-3-4-7-17(14)26-15(2)13-22-20(21)23-16-8-9-18-19(12-16)25-11-5-10-24-18;/h3-4,6-9,12,15H,5,10-11,13H2,1-2H3,(H3,21,22,23);1H. The van der Waals surface area contributed by atoms with Crippen molar-refractivity contribution in [3.05, 3.63) is 48.0 Å². The number of nitrogens with one attached hydrogen (secondary N) is 1.